The minimum absolute atomic E-state index is 0.169. The predicted molar refractivity (Wildman–Crippen MR) is 129 cm³/mol. The third kappa shape index (κ3) is 3.88. The maximum atomic E-state index is 14.6. The Balaban J connectivity index is 1.51. The highest BCUT2D eigenvalue weighted by molar-refractivity contribution is 7.70. The van der Waals surface area contributed by atoms with Crippen molar-refractivity contribution in [2.45, 2.75) is 18.4 Å². The van der Waals surface area contributed by atoms with Crippen molar-refractivity contribution in [2.75, 3.05) is 0 Å². The summed E-state index contributed by atoms with van der Waals surface area (Å²) in [7, 11) is -0.969. The van der Waals surface area contributed by atoms with Gasteiger partial charge < -0.3 is 0 Å². The second-order valence-electron chi connectivity index (χ2n) is 8.60. The van der Waals surface area contributed by atoms with E-state index in [0.29, 0.717) is 29.9 Å². The lowest BCUT2D eigenvalue weighted by molar-refractivity contribution is 0.564. The molecule has 1 fully saturated rings. The van der Waals surface area contributed by atoms with Crippen LogP contribution in [0.4, 0.5) is 4.39 Å². The number of hydrogen-bond donors (Lipinski definition) is 2. The van der Waals surface area contributed by atoms with Crippen LogP contribution >= 0.6 is 0 Å². The summed E-state index contributed by atoms with van der Waals surface area (Å²) >= 11 is 0. The smallest absolute Gasteiger partial charge is 0.202 e. The van der Waals surface area contributed by atoms with Gasteiger partial charge in [-0.15, -0.1) is 0 Å². The van der Waals surface area contributed by atoms with Crippen molar-refractivity contribution in [2.24, 2.45) is 7.05 Å². The number of hydrogen-bond acceptors (Lipinski definition) is 6. The largest absolute Gasteiger partial charge is 0.283 e. The van der Waals surface area contributed by atoms with Crippen LogP contribution in [0.5, 0.6) is 0 Å². The van der Waals surface area contributed by atoms with E-state index in [1.54, 1.807) is 29.3 Å². The molecule has 5 aromatic rings. The zero-order chi connectivity index (χ0) is 24.2. The second-order valence-corrected chi connectivity index (χ2v) is 9.34. The zero-order valence-electron chi connectivity index (χ0n) is 18.6. The van der Waals surface area contributed by atoms with Gasteiger partial charge in [-0.3, -0.25) is 14.2 Å². The Morgan fingerprint density at radius 2 is 1.91 bits per heavy atom. The van der Waals surface area contributed by atoms with Crippen LogP contribution in [0.2, 0.25) is 0 Å². The Hall–Kier alpha value is -3.96. The van der Waals surface area contributed by atoms with Gasteiger partial charge in [-0.25, -0.2) is 27.5 Å². The van der Waals surface area contributed by atoms with E-state index in [1.165, 1.54) is 18.3 Å². The van der Waals surface area contributed by atoms with Crippen molar-refractivity contribution in [1.82, 2.24) is 34.0 Å². The number of fused-ring (bicyclic) bond motifs is 1. The van der Waals surface area contributed by atoms with Crippen LogP contribution in [0.1, 0.15) is 18.5 Å². The molecule has 0 amide bonds. The third-order valence-electron chi connectivity index (χ3n) is 6.22. The quantitative estimate of drug-likeness (QED) is 0.355. The van der Waals surface area contributed by atoms with Gasteiger partial charge in [0.15, 0.2) is 0 Å². The molecule has 35 heavy (non-hydrogen) atoms. The van der Waals surface area contributed by atoms with E-state index < -0.39 is 22.2 Å². The fraction of sp³-hybridized carbons (Fsp3) is 0.167. The first-order chi connectivity index (χ1) is 16.9. The molecule has 0 radical (unpaired) electrons. The number of imidazole rings is 1. The Morgan fingerprint density at radius 3 is 2.63 bits per heavy atom. The van der Waals surface area contributed by atoms with Crippen molar-refractivity contribution >= 4 is 21.9 Å². The molecule has 0 bridgehead atoms. The van der Waals surface area contributed by atoms with Gasteiger partial charge in [0.2, 0.25) is 10.9 Å². The highest BCUT2D eigenvalue weighted by atomic mass is 32.2. The molecule has 11 heteroatoms. The summed E-state index contributed by atoms with van der Waals surface area (Å²) < 4.78 is 43.8. The van der Waals surface area contributed by atoms with Crippen LogP contribution in [-0.4, -0.2) is 37.7 Å². The van der Waals surface area contributed by atoms with E-state index in [4.69, 9.17) is 4.98 Å². The molecule has 9 nitrogen and oxygen atoms in total. The van der Waals surface area contributed by atoms with Gasteiger partial charge in [-0.1, -0.05) is 6.07 Å². The van der Waals surface area contributed by atoms with Crippen LogP contribution in [0, 0.1) is 5.82 Å². The van der Waals surface area contributed by atoms with E-state index in [-0.39, 0.29) is 5.69 Å². The number of nitrogens with zero attached hydrogens (tertiary/aromatic N) is 6. The monoisotopic (exact) mass is 489 g/mol. The summed E-state index contributed by atoms with van der Waals surface area (Å²) in [5.41, 5.74) is 3.92. The Morgan fingerprint density at radius 1 is 1.06 bits per heavy atom. The lowest BCUT2D eigenvalue weighted by Gasteiger charge is -2.16. The van der Waals surface area contributed by atoms with Gasteiger partial charge in [0.25, 0.3) is 0 Å². The number of benzene rings is 1. The fourth-order valence-electron chi connectivity index (χ4n) is 4.29. The molecule has 6 rings (SSSR count). The highest BCUT2D eigenvalue weighted by Gasteiger charge is 2.47. The molecule has 0 unspecified atom stereocenters. The van der Waals surface area contributed by atoms with Crippen LogP contribution in [-0.2, 0) is 23.5 Å². The Labute approximate surface area is 201 Å². The molecular formula is C24H20FN7O2S. The SMILES string of the molecule is Cn1cc(-c2ccc3c(c2)ncn3-c2cc(-c3ncccc3F)cc(C3(N[SH](=O)=O)CC3)n2)cn1. The van der Waals surface area contributed by atoms with Crippen LogP contribution in [0.25, 0.3) is 39.2 Å². The van der Waals surface area contributed by atoms with Gasteiger partial charge in [0.05, 0.1) is 28.5 Å². The summed E-state index contributed by atoms with van der Waals surface area (Å²) in [6.45, 7) is 0. The zero-order valence-corrected chi connectivity index (χ0v) is 19.5. The molecule has 0 spiro atoms. The van der Waals surface area contributed by atoms with Crippen LogP contribution < -0.4 is 4.72 Å². The minimum atomic E-state index is -2.83. The Bertz CT molecular complexity index is 1660. The normalized spacial score (nSPS) is 14.6. The number of aromatic nitrogens is 6. The van der Waals surface area contributed by atoms with E-state index in [1.807, 2.05) is 36.0 Å². The number of aryl methyl sites for hydroxylation is 1. The number of thiol groups is 1. The second kappa shape index (κ2) is 8.07. The maximum Gasteiger partial charge on any atom is 0.202 e. The third-order valence-corrected chi connectivity index (χ3v) is 6.83. The molecule has 0 aliphatic heterocycles. The summed E-state index contributed by atoms with van der Waals surface area (Å²) in [6, 6.07) is 12.2. The van der Waals surface area contributed by atoms with Gasteiger partial charge in [-0.2, -0.15) is 5.10 Å². The van der Waals surface area contributed by atoms with Gasteiger partial charge in [-0.05, 0) is 54.8 Å². The summed E-state index contributed by atoms with van der Waals surface area (Å²) in [6.07, 6.45) is 8.11. The summed E-state index contributed by atoms with van der Waals surface area (Å²) in [5.74, 6) is 0.0216. The lowest BCUT2D eigenvalue weighted by atomic mass is 10.1. The lowest BCUT2D eigenvalue weighted by Crippen LogP contribution is -2.28. The van der Waals surface area contributed by atoms with Crippen molar-refractivity contribution in [3.8, 4) is 28.2 Å². The van der Waals surface area contributed by atoms with Crippen molar-refractivity contribution < 1.29 is 12.8 Å². The molecule has 1 aliphatic rings. The molecule has 1 aromatic carbocycles. The number of rotatable bonds is 6. The summed E-state index contributed by atoms with van der Waals surface area (Å²) in [4.78, 5) is 13.5. The fourth-order valence-corrected chi connectivity index (χ4v) is 4.98. The molecule has 1 aliphatic carbocycles. The molecule has 1 N–H and O–H groups in total. The molecule has 0 saturated heterocycles. The molecule has 4 heterocycles. The Kier molecular flexibility index (Phi) is 4.97. The summed E-state index contributed by atoms with van der Waals surface area (Å²) in [5, 5.41) is 4.23. The van der Waals surface area contributed by atoms with Gasteiger partial charge in [0, 0.05) is 30.6 Å². The maximum absolute atomic E-state index is 14.6. The topological polar surface area (TPSA) is 108 Å². The van der Waals surface area contributed by atoms with Crippen LogP contribution in [0.15, 0.2) is 67.4 Å². The average Bonchev–Trinajstić information content (AvgIpc) is 3.29. The van der Waals surface area contributed by atoms with Crippen molar-refractivity contribution in [3.05, 3.63) is 78.9 Å². The molecule has 176 valence electrons. The van der Waals surface area contributed by atoms with E-state index in [9.17, 15) is 12.8 Å². The first-order valence-corrected chi connectivity index (χ1v) is 12.1. The van der Waals surface area contributed by atoms with E-state index in [2.05, 4.69) is 19.8 Å². The van der Waals surface area contributed by atoms with Crippen molar-refractivity contribution in [3.63, 3.8) is 0 Å². The average molecular weight is 490 g/mol. The highest BCUT2D eigenvalue weighted by Crippen LogP contribution is 2.46. The van der Waals surface area contributed by atoms with E-state index in [0.717, 1.165) is 22.2 Å². The standard InChI is InChI=1S/C24H20FN7O2S/c1-31-13-17(12-28-31)15-4-5-20-19(9-15)27-14-32(20)22-11-16(23-18(25)3-2-8-26-23)10-21(29-22)24(6-7-24)30-35(33)34/h2-5,8-14,35H,6-7H2,1H3,(H,30,33,34). The molecular weight excluding hydrogens is 469 g/mol. The van der Waals surface area contributed by atoms with Gasteiger partial charge in [0.1, 0.15) is 23.7 Å². The molecule has 1 saturated carbocycles. The number of pyridine rings is 2. The minimum Gasteiger partial charge on any atom is -0.283 e. The predicted octanol–water partition coefficient (Wildman–Crippen LogP) is 3.13. The van der Waals surface area contributed by atoms with Crippen molar-refractivity contribution in [1.29, 1.82) is 0 Å². The van der Waals surface area contributed by atoms with Crippen LogP contribution in [0.3, 0.4) is 0 Å². The van der Waals surface area contributed by atoms with Gasteiger partial charge >= 0.3 is 0 Å². The number of halogens is 1. The first-order valence-electron chi connectivity index (χ1n) is 10.9. The first kappa shape index (κ1) is 21.6. The molecule has 0 atom stereocenters. The molecule has 4 aromatic heterocycles. The number of nitrogens with one attached hydrogen (secondary N) is 1. The van der Waals surface area contributed by atoms with E-state index >= 15 is 0 Å².